The summed E-state index contributed by atoms with van der Waals surface area (Å²) >= 11 is 1.16. The molecule has 0 aliphatic carbocycles. The quantitative estimate of drug-likeness (QED) is 0.935. The number of benzene rings is 1. The van der Waals surface area contributed by atoms with E-state index in [2.05, 4.69) is 5.10 Å². The summed E-state index contributed by atoms with van der Waals surface area (Å²) in [5.41, 5.74) is 7.40. The third-order valence-corrected chi connectivity index (χ3v) is 3.92. The fourth-order valence-electron chi connectivity index (χ4n) is 1.78. The van der Waals surface area contributed by atoms with Gasteiger partial charge in [-0.2, -0.15) is 5.10 Å². The van der Waals surface area contributed by atoms with Crippen LogP contribution in [0.4, 0.5) is 14.5 Å². The Morgan fingerprint density at radius 3 is 2.74 bits per heavy atom. The van der Waals surface area contributed by atoms with E-state index in [1.807, 2.05) is 6.92 Å². The highest BCUT2D eigenvalue weighted by atomic mass is 32.2. The number of halogens is 2. The summed E-state index contributed by atoms with van der Waals surface area (Å²) in [5.74, 6) is -1.19. The first-order chi connectivity index (χ1) is 9.02. The summed E-state index contributed by atoms with van der Waals surface area (Å²) in [4.78, 5) is 0.333. The number of rotatable bonds is 4. The van der Waals surface area contributed by atoms with Crippen molar-refractivity contribution in [2.45, 2.75) is 29.7 Å². The molecule has 0 saturated heterocycles. The second kappa shape index (κ2) is 5.61. The van der Waals surface area contributed by atoms with E-state index in [9.17, 15) is 8.78 Å². The second-order valence-electron chi connectivity index (χ2n) is 4.22. The fraction of sp³-hybridized carbons (Fsp3) is 0.308. The molecule has 1 heterocycles. The highest BCUT2D eigenvalue weighted by Gasteiger charge is 2.15. The number of hydrogen-bond acceptors (Lipinski definition) is 3. The Morgan fingerprint density at radius 2 is 2.11 bits per heavy atom. The molecule has 0 aliphatic heterocycles. The van der Waals surface area contributed by atoms with Crippen molar-refractivity contribution < 1.29 is 8.78 Å². The minimum absolute atomic E-state index is 0.333. The van der Waals surface area contributed by atoms with Crippen LogP contribution >= 0.6 is 11.8 Å². The first-order valence-electron chi connectivity index (χ1n) is 5.97. The molecule has 19 heavy (non-hydrogen) atoms. The summed E-state index contributed by atoms with van der Waals surface area (Å²) < 4.78 is 28.1. The number of nitrogens with two attached hydrogens (primary N) is 1. The van der Waals surface area contributed by atoms with E-state index >= 15 is 0 Å². The molecule has 0 atom stereocenters. The molecule has 0 fully saturated rings. The van der Waals surface area contributed by atoms with Crippen LogP contribution in [-0.2, 0) is 13.5 Å². The molecule has 2 rings (SSSR count). The van der Waals surface area contributed by atoms with Crippen molar-refractivity contribution in [3.63, 3.8) is 0 Å². The lowest BCUT2D eigenvalue weighted by molar-refractivity contribution is 0.565. The van der Waals surface area contributed by atoms with E-state index < -0.39 is 11.6 Å². The molecule has 0 radical (unpaired) electrons. The zero-order valence-electron chi connectivity index (χ0n) is 10.8. The predicted octanol–water partition coefficient (Wildman–Crippen LogP) is 3.38. The van der Waals surface area contributed by atoms with Gasteiger partial charge in [0.2, 0.25) is 0 Å². The summed E-state index contributed by atoms with van der Waals surface area (Å²) in [5, 5.41) is 4.99. The van der Waals surface area contributed by atoms with Crippen molar-refractivity contribution in [1.82, 2.24) is 9.78 Å². The molecule has 0 unspecified atom stereocenters. The smallest absolute Gasteiger partial charge is 0.140 e. The van der Waals surface area contributed by atoms with Gasteiger partial charge < -0.3 is 5.73 Å². The van der Waals surface area contributed by atoms with Gasteiger partial charge in [-0.25, -0.2) is 8.78 Å². The van der Waals surface area contributed by atoms with Gasteiger partial charge in [-0.1, -0.05) is 25.1 Å². The predicted molar refractivity (Wildman–Crippen MR) is 72.1 cm³/mol. The topological polar surface area (TPSA) is 43.8 Å². The Labute approximate surface area is 114 Å². The SMILES string of the molecule is CCCc1nn(C)c(Sc2ccc(F)cc2F)c1N. The van der Waals surface area contributed by atoms with Crippen molar-refractivity contribution in [3.8, 4) is 0 Å². The van der Waals surface area contributed by atoms with Crippen molar-refractivity contribution >= 4 is 17.4 Å². The monoisotopic (exact) mass is 283 g/mol. The lowest BCUT2D eigenvalue weighted by Gasteiger charge is -2.04. The average Bonchev–Trinajstić information content (AvgIpc) is 2.60. The summed E-state index contributed by atoms with van der Waals surface area (Å²) in [6, 6.07) is 3.49. The minimum Gasteiger partial charge on any atom is -0.395 e. The van der Waals surface area contributed by atoms with Gasteiger partial charge in [0.05, 0.1) is 11.4 Å². The lowest BCUT2D eigenvalue weighted by Crippen LogP contribution is -1.94. The molecule has 0 amide bonds. The molecule has 6 heteroatoms. The van der Waals surface area contributed by atoms with E-state index in [0.717, 1.165) is 36.4 Å². The standard InChI is InChI=1S/C13H15F2N3S/c1-3-4-10-12(16)13(18(2)17-10)19-11-6-5-8(14)7-9(11)15/h5-7H,3-4,16H2,1-2H3. The third-order valence-electron chi connectivity index (χ3n) is 2.69. The lowest BCUT2D eigenvalue weighted by atomic mass is 10.2. The third kappa shape index (κ3) is 2.89. The van der Waals surface area contributed by atoms with Crippen LogP contribution in [0.2, 0.25) is 0 Å². The Hall–Kier alpha value is -1.56. The molecule has 102 valence electrons. The summed E-state index contributed by atoms with van der Waals surface area (Å²) in [7, 11) is 1.76. The van der Waals surface area contributed by atoms with Crippen LogP contribution in [0.3, 0.4) is 0 Å². The first kappa shape index (κ1) is 13.9. The van der Waals surface area contributed by atoms with Gasteiger partial charge in [-0.3, -0.25) is 4.68 Å². The maximum atomic E-state index is 13.6. The van der Waals surface area contributed by atoms with Gasteiger partial charge in [0.15, 0.2) is 0 Å². The molecule has 2 aromatic rings. The molecule has 1 aromatic carbocycles. The molecular formula is C13H15F2N3S. The van der Waals surface area contributed by atoms with Crippen LogP contribution in [0.15, 0.2) is 28.1 Å². The zero-order chi connectivity index (χ0) is 14.0. The number of aromatic nitrogens is 2. The van der Waals surface area contributed by atoms with Crippen molar-refractivity contribution in [1.29, 1.82) is 0 Å². The number of aryl methyl sites for hydroxylation is 2. The maximum absolute atomic E-state index is 13.6. The summed E-state index contributed by atoms with van der Waals surface area (Å²) in [6.07, 6.45) is 1.72. The molecule has 0 saturated carbocycles. The normalized spacial score (nSPS) is 10.9. The van der Waals surface area contributed by atoms with Crippen molar-refractivity contribution in [3.05, 3.63) is 35.5 Å². The number of hydrogen-bond donors (Lipinski definition) is 1. The Morgan fingerprint density at radius 1 is 1.37 bits per heavy atom. The highest BCUT2D eigenvalue weighted by molar-refractivity contribution is 7.99. The first-order valence-corrected chi connectivity index (χ1v) is 6.78. The molecular weight excluding hydrogens is 268 g/mol. The average molecular weight is 283 g/mol. The zero-order valence-corrected chi connectivity index (χ0v) is 11.6. The van der Waals surface area contributed by atoms with Crippen molar-refractivity contribution in [2.24, 2.45) is 7.05 Å². The minimum atomic E-state index is -0.595. The molecule has 0 bridgehead atoms. The number of nitrogen functional groups attached to an aromatic ring is 1. The molecule has 1 aromatic heterocycles. The molecule has 0 aliphatic rings. The summed E-state index contributed by atoms with van der Waals surface area (Å²) in [6.45, 7) is 2.04. The largest absolute Gasteiger partial charge is 0.395 e. The Bertz CT molecular complexity index is 596. The maximum Gasteiger partial charge on any atom is 0.140 e. The van der Waals surface area contributed by atoms with Crippen LogP contribution in [0.5, 0.6) is 0 Å². The van der Waals surface area contributed by atoms with Crippen LogP contribution in [0.25, 0.3) is 0 Å². The van der Waals surface area contributed by atoms with Crippen LogP contribution < -0.4 is 5.73 Å². The van der Waals surface area contributed by atoms with E-state index in [1.165, 1.54) is 12.1 Å². The van der Waals surface area contributed by atoms with E-state index in [0.29, 0.717) is 15.6 Å². The van der Waals surface area contributed by atoms with E-state index in [1.54, 1.807) is 11.7 Å². The van der Waals surface area contributed by atoms with Gasteiger partial charge in [0.25, 0.3) is 0 Å². The van der Waals surface area contributed by atoms with E-state index in [4.69, 9.17) is 5.73 Å². The second-order valence-corrected chi connectivity index (χ2v) is 5.25. The van der Waals surface area contributed by atoms with Gasteiger partial charge in [-0.05, 0) is 18.6 Å². The van der Waals surface area contributed by atoms with Gasteiger partial charge in [0, 0.05) is 18.0 Å². The van der Waals surface area contributed by atoms with E-state index in [-0.39, 0.29) is 0 Å². The van der Waals surface area contributed by atoms with Gasteiger partial charge in [-0.15, -0.1) is 0 Å². The molecule has 3 nitrogen and oxygen atoms in total. The van der Waals surface area contributed by atoms with Crippen LogP contribution in [0.1, 0.15) is 19.0 Å². The Balaban J connectivity index is 2.33. The van der Waals surface area contributed by atoms with Crippen LogP contribution in [0, 0.1) is 11.6 Å². The Kier molecular flexibility index (Phi) is 4.09. The number of anilines is 1. The fourth-order valence-corrected chi connectivity index (χ4v) is 2.68. The van der Waals surface area contributed by atoms with Crippen LogP contribution in [-0.4, -0.2) is 9.78 Å². The van der Waals surface area contributed by atoms with Gasteiger partial charge in [0.1, 0.15) is 16.7 Å². The van der Waals surface area contributed by atoms with Gasteiger partial charge >= 0.3 is 0 Å². The number of nitrogens with zero attached hydrogens (tertiary/aromatic N) is 2. The van der Waals surface area contributed by atoms with Crippen molar-refractivity contribution in [2.75, 3.05) is 5.73 Å². The molecule has 0 spiro atoms. The molecule has 2 N–H and O–H groups in total. The highest BCUT2D eigenvalue weighted by Crippen LogP contribution is 2.35.